The summed E-state index contributed by atoms with van der Waals surface area (Å²) in [5, 5.41) is 15.5. The summed E-state index contributed by atoms with van der Waals surface area (Å²) >= 11 is 3.45. The number of hydrogen-bond donors (Lipinski definition) is 1. The van der Waals surface area contributed by atoms with E-state index >= 15 is 0 Å². The number of primary sulfonamides is 1. The number of pyridine rings is 1. The third kappa shape index (κ3) is 6.00. The van der Waals surface area contributed by atoms with Crippen molar-refractivity contribution in [2.75, 3.05) is 0 Å². The van der Waals surface area contributed by atoms with E-state index < -0.39 is 21.9 Å². The Morgan fingerprint density at radius 3 is 2.70 bits per heavy atom. The average Bonchev–Trinajstić information content (AvgIpc) is 2.83. The van der Waals surface area contributed by atoms with Crippen molar-refractivity contribution in [1.82, 2.24) is 4.98 Å². The van der Waals surface area contributed by atoms with Crippen molar-refractivity contribution in [1.29, 1.82) is 5.26 Å². The fourth-order valence-electron chi connectivity index (χ4n) is 5.26. The number of allylic oxidation sites excluding steroid dienone is 2. The Morgan fingerprint density at radius 2 is 2.05 bits per heavy atom. The second-order valence-electron chi connectivity index (χ2n) is 9.62. The van der Waals surface area contributed by atoms with E-state index in [4.69, 9.17) is 9.88 Å². The minimum atomic E-state index is -4.14. The normalized spacial score (nSPS) is 21.8. The number of aliphatic imine (C=N–C) groups is 1. The molecule has 0 bridgehead atoms. The number of ether oxygens (including phenoxy) is 1. The third-order valence-electron chi connectivity index (χ3n) is 6.88. The molecule has 1 aromatic carbocycles. The van der Waals surface area contributed by atoms with Crippen LogP contribution in [0.5, 0.6) is 5.75 Å². The van der Waals surface area contributed by atoms with E-state index in [1.54, 1.807) is 24.5 Å². The van der Waals surface area contributed by atoms with Crippen LogP contribution in [0, 0.1) is 29.1 Å². The van der Waals surface area contributed by atoms with Gasteiger partial charge in [-0.25, -0.2) is 13.6 Å². The van der Waals surface area contributed by atoms with Crippen LogP contribution < -0.4 is 9.88 Å². The number of carbonyl (C=O) groups excluding carboxylic acids is 1. The molecule has 1 aliphatic carbocycles. The first-order valence-corrected chi connectivity index (χ1v) is 14.5. The van der Waals surface area contributed by atoms with E-state index in [0.717, 1.165) is 24.1 Å². The van der Waals surface area contributed by atoms with Crippen LogP contribution in [0.2, 0.25) is 0 Å². The molecule has 0 saturated heterocycles. The van der Waals surface area contributed by atoms with Crippen LogP contribution in [0.25, 0.3) is 0 Å². The number of nitrogens with two attached hydrogens (primary N) is 1. The van der Waals surface area contributed by atoms with Gasteiger partial charge in [-0.2, -0.15) is 5.26 Å². The van der Waals surface area contributed by atoms with Crippen molar-refractivity contribution in [2.45, 2.75) is 57.5 Å². The van der Waals surface area contributed by atoms with Crippen LogP contribution in [0.4, 0.5) is 0 Å². The van der Waals surface area contributed by atoms with E-state index in [0.29, 0.717) is 34.2 Å². The van der Waals surface area contributed by atoms with Crippen molar-refractivity contribution in [2.24, 2.45) is 27.9 Å². The van der Waals surface area contributed by atoms with Crippen molar-refractivity contribution in [3.8, 4) is 11.8 Å². The largest absolute Gasteiger partial charge is 0.486 e. The van der Waals surface area contributed by atoms with Gasteiger partial charge in [0, 0.05) is 47.3 Å². The molecular weight excluding hydrogens is 556 g/mol. The molecule has 2 aliphatic rings. The molecule has 37 heavy (non-hydrogen) atoms. The predicted octanol–water partition coefficient (Wildman–Crippen LogP) is 4.88. The summed E-state index contributed by atoms with van der Waals surface area (Å²) < 4.78 is 31.3. The molecule has 3 unspecified atom stereocenters. The molecule has 10 heteroatoms. The molecule has 3 atom stereocenters. The Kier molecular flexibility index (Phi) is 8.26. The Bertz CT molecular complexity index is 1410. The number of sulfonamides is 1. The quantitative estimate of drug-likeness (QED) is 0.469. The fraction of sp³-hybridized carbons (Fsp3) is 0.407. The number of carbonyl (C=O) groups is 1. The molecule has 8 nitrogen and oxygen atoms in total. The lowest BCUT2D eigenvalue weighted by molar-refractivity contribution is -0.117. The van der Waals surface area contributed by atoms with E-state index in [-0.39, 0.29) is 35.4 Å². The highest BCUT2D eigenvalue weighted by Crippen LogP contribution is 2.43. The Hall–Kier alpha value is -2.87. The monoisotopic (exact) mass is 584 g/mol. The maximum absolute atomic E-state index is 13.3. The van der Waals surface area contributed by atoms with Gasteiger partial charge in [0.1, 0.15) is 11.5 Å². The second kappa shape index (κ2) is 11.3. The van der Waals surface area contributed by atoms with Crippen LogP contribution in [0.15, 0.2) is 62.3 Å². The summed E-state index contributed by atoms with van der Waals surface area (Å²) in [4.78, 5) is 21.8. The van der Waals surface area contributed by atoms with Crippen molar-refractivity contribution < 1.29 is 17.9 Å². The standard InChI is InChI=1S/C27H29BrN4O4S/c1-3-5-17-10-23-26(24(33)11-17)20(21(13-29)16(2)32-23)8-19-9-22(28)27(25(12-19)37(30,34)35)36-15-18-6-4-7-31-14-18/h4,6-7,9,12,14,17,20-21H,3,5,8,10-11,15H2,1-2H3,(H2,30,34,35). The molecule has 194 valence electrons. The van der Waals surface area contributed by atoms with Crippen molar-refractivity contribution in [3.63, 3.8) is 0 Å². The molecule has 2 aromatic rings. The van der Waals surface area contributed by atoms with Gasteiger partial charge in [0.05, 0.1) is 16.5 Å². The third-order valence-corrected chi connectivity index (χ3v) is 8.38. The molecule has 0 amide bonds. The fourth-order valence-corrected chi connectivity index (χ4v) is 6.75. The number of Topliss-reactive ketones (excluding diaryl/α,β-unsaturated/α-hetero) is 1. The highest BCUT2D eigenvalue weighted by molar-refractivity contribution is 9.10. The average molecular weight is 586 g/mol. The van der Waals surface area contributed by atoms with Gasteiger partial charge in [-0.15, -0.1) is 0 Å². The molecule has 0 fully saturated rings. The zero-order chi connectivity index (χ0) is 26.7. The number of rotatable bonds is 8. The first-order valence-electron chi connectivity index (χ1n) is 12.2. The number of halogens is 1. The summed E-state index contributed by atoms with van der Waals surface area (Å²) in [6.45, 7) is 4.02. The maximum Gasteiger partial charge on any atom is 0.241 e. The van der Waals surface area contributed by atoms with Gasteiger partial charge >= 0.3 is 0 Å². The first-order chi connectivity index (χ1) is 17.6. The smallest absolute Gasteiger partial charge is 0.241 e. The highest BCUT2D eigenvalue weighted by Gasteiger charge is 2.40. The highest BCUT2D eigenvalue weighted by atomic mass is 79.9. The number of nitrogens with zero attached hydrogens (tertiary/aromatic N) is 3. The minimum Gasteiger partial charge on any atom is -0.486 e. The van der Waals surface area contributed by atoms with E-state index in [9.17, 15) is 18.5 Å². The van der Waals surface area contributed by atoms with Crippen LogP contribution in [0.3, 0.4) is 0 Å². The molecule has 1 aromatic heterocycles. The molecular formula is C27H29BrN4O4S. The van der Waals surface area contributed by atoms with Crippen molar-refractivity contribution in [3.05, 3.63) is 63.5 Å². The Balaban J connectivity index is 1.70. The van der Waals surface area contributed by atoms with Crippen LogP contribution in [0.1, 0.15) is 50.7 Å². The summed E-state index contributed by atoms with van der Waals surface area (Å²) in [5.41, 5.74) is 3.45. The van der Waals surface area contributed by atoms with E-state index in [2.05, 4.69) is 38.9 Å². The van der Waals surface area contributed by atoms with Gasteiger partial charge in [0.15, 0.2) is 11.5 Å². The molecule has 2 N–H and O–H groups in total. The number of nitriles is 1. The van der Waals surface area contributed by atoms with Gasteiger partial charge < -0.3 is 4.74 Å². The number of hydrogen-bond acceptors (Lipinski definition) is 7. The first kappa shape index (κ1) is 27.2. The molecule has 0 spiro atoms. The number of ketones is 1. The minimum absolute atomic E-state index is 0.0309. The Labute approximate surface area is 225 Å². The lowest BCUT2D eigenvalue weighted by Gasteiger charge is -2.34. The van der Waals surface area contributed by atoms with Crippen molar-refractivity contribution >= 4 is 37.4 Å². The molecule has 1 aliphatic heterocycles. The molecule has 4 rings (SSSR count). The summed E-state index contributed by atoms with van der Waals surface area (Å²) in [5.74, 6) is -0.613. The lowest BCUT2D eigenvalue weighted by atomic mass is 9.70. The van der Waals surface area contributed by atoms with Gasteiger partial charge in [-0.05, 0) is 71.8 Å². The maximum atomic E-state index is 13.3. The molecule has 0 radical (unpaired) electrons. The molecule has 2 heterocycles. The van der Waals surface area contributed by atoms with E-state index in [1.165, 1.54) is 6.07 Å². The lowest BCUT2D eigenvalue weighted by Crippen LogP contribution is -2.35. The Morgan fingerprint density at radius 1 is 1.27 bits per heavy atom. The molecule has 0 saturated carbocycles. The number of benzene rings is 1. The van der Waals surface area contributed by atoms with Crippen LogP contribution >= 0.6 is 15.9 Å². The van der Waals surface area contributed by atoms with Gasteiger partial charge in [0.25, 0.3) is 0 Å². The summed E-state index contributed by atoms with van der Waals surface area (Å²) in [6, 6.07) is 9.14. The SMILES string of the molecule is CCCC1CC(=O)C2=C(C1)N=C(C)C(C#N)C2Cc1cc(Br)c(OCc2cccnc2)c(S(N)(=O)=O)c1. The van der Waals surface area contributed by atoms with Gasteiger partial charge in [-0.3, -0.25) is 14.8 Å². The van der Waals surface area contributed by atoms with Gasteiger partial charge in [-0.1, -0.05) is 19.4 Å². The summed E-state index contributed by atoms with van der Waals surface area (Å²) in [7, 11) is -4.14. The summed E-state index contributed by atoms with van der Waals surface area (Å²) in [6.07, 6.45) is 6.67. The zero-order valence-electron chi connectivity index (χ0n) is 20.8. The second-order valence-corrected chi connectivity index (χ2v) is 12.0. The zero-order valence-corrected chi connectivity index (χ0v) is 23.2. The van der Waals surface area contributed by atoms with E-state index in [1.807, 2.05) is 13.0 Å². The number of aromatic nitrogens is 1. The van der Waals surface area contributed by atoms with Crippen LogP contribution in [-0.4, -0.2) is 24.9 Å². The van der Waals surface area contributed by atoms with Crippen LogP contribution in [-0.2, 0) is 27.8 Å². The predicted molar refractivity (Wildman–Crippen MR) is 143 cm³/mol. The topological polar surface area (TPSA) is 136 Å². The van der Waals surface area contributed by atoms with Gasteiger partial charge in [0.2, 0.25) is 10.0 Å².